The number of benzene rings is 2. The van der Waals surface area contributed by atoms with Gasteiger partial charge in [0, 0.05) is 24.6 Å². The van der Waals surface area contributed by atoms with E-state index in [4.69, 9.17) is 16.1 Å². The third-order valence-corrected chi connectivity index (χ3v) is 7.26. The van der Waals surface area contributed by atoms with E-state index in [-0.39, 0.29) is 5.92 Å². The summed E-state index contributed by atoms with van der Waals surface area (Å²) in [4.78, 5) is 4.82. The van der Waals surface area contributed by atoms with E-state index < -0.39 is 10.0 Å². The highest BCUT2D eigenvalue weighted by Gasteiger charge is 2.32. The van der Waals surface area contributed by atoms with Gasteiger partial charge in [0.05, 0.1) is 9.92 Å². The van der Waals surface area contributed by atoms with Crippen molar-refractivity contribution in [2.24, 2.45) is 0 Å². The molecule has 0 radical (unpaired) electrons. The minimum Gasteiger partial charge on any atom is -0.339 e. The second-order valence-electron chi connectivity index (χ2n) is 6.93. The van der Waals surface area contributed by atoms with Crippen LogP contribution in [0, 0.1) is 6.92 Å². The quantitative estimate of drug-likeness (QED) is 0.633. The number of aromatic nitrogens is 2. The van der Waals surface area contributed by atoms with Crippen molar-refractivity contribution >= 4 is 21.6 Å². The fourth-order valence-corrected chi connectivity index (χ4v) is 5.05. The van der Waals surface area contributed by atoms with Crippen molar-refractivity contribution in [3.63, 3.8) is 0 Å². The SMILES string of the molecule is Cc1ccc(S(=O)(=O)N2CCC(c3nc(-c4ccccc4Cl)no3)CC2)cc1. The number of halogens is 1. The molecule has 0 aliphatic carbocycles. The Morgan fingerprint density at radius 2 is 1.75 bits per heavy atom. The highest BCUT2D eigenvalue weighted by Crippen LogP contribution is 2.32. The summed E-state index contributed by atoms with van der Waals surface area (Å²) in [5, 5.41) is 4.61. The van der Waals surface area contributed by atoms with Crippen molar-refractivity contribution < 1.29 is 12.9 Å². The molecule has 0 N–H and O–H groups in total. The molecule has 1 aliphatic heterocycles. The van der Waals surface area contributed by atoms with Crippen LogP contribution in [0.4, 0.5) is 0 Å². The van der Waals surface area contributed by atoms with E-state index in [1.54, 1.807) is 18.2 Å². The zero-order valence-corrected chi connectivity index (χ0v) is 16.9. The number of hydrogen-bond donors (Lipinski definition) is 0. The first kappa shape index (κ1) is 19.1. The Balaban J connectivity index is 1.46. The Kier molecular flexibility index (Phi) is 5.23. The number of hydrogen-bond acceptors (Lipinski definition) is 5. The molecule has 3 aromatic rings. The maximum absolute atomic E-state index is 12.8. The van der Waals surface area contributed by atoms with Crippen molar-refractivity contribution in [3.05, 3.63) is 65.0 Å². The molecule has 1 aromatic heterocycles. The summed E-state index contributed by atoms with van der Waals surface area (Å²) < 4.78 is 32.6. The van der Waals surface area contributed by atoms with E-state index in [0.29, 0.717) is 47.6 Å². The third kappa shape index (κ3) is 3.70. The Morgan fingerprint density at radius 1 is 1.07 bits per heavy atom. The standard InChI is InChI=1S/C20H20ClN3O3S/c1-14-6-8-16(9-7-14)28(25,26)24-12-10-15(11-13-24)20-22-19(23-27-20)17-4-2-3-5-18(17)21/h2-9,15H,10-13H2,1H3. The van der Waals surface area contributed by atoms with Gasteiger partial charge in [-0.1, -0.05) is 46.6 Å². The summed E-state index contributed by atoms with van der Waals surface area (Å²) >= 11 is 6.20. The van der Waals surface area contributed by atoms with Crippen LogP contribution in [0.3, 0.4) is 0 Å². The van der Waals surface area contributed by atoms with Crippen LogP contribution in [0.1, 0.15) is 30.2 Å². The van der Waals surface area contributed by atoms with Gasteiger partial charge in [-0.15, -0.1) is 0 Å². The van der Waals surface area contributed by atoms with Gasteiger partial charge in [-0.25, -0.2) is 8.42 Å². The highest BCUT2D eigenvalue weighted by atomic mass is 35.5. The summed E-state index contributed by atoms with van der Waals surface area (Å²) in [6.07, 6.45) is 1.27. The largest absolute Gasteiger partial charge is 0.339 e. The lowest BCUT2D eigenvalue weighted by Crippen LogP contribution is -2.37. The number of aryl methyl sites for hydroxylation is 1. The summed E-state index contributed by atoms with van der Waals surface area (Å²) in [6, 6.07) is 14.3. The predicted molar refractivity (Wildman–Crippen MR) is 107 cm³/mol. The Bertz CT molecular complexity index is 1070. The van der Waals surface area contributed by atoms with Crippen LogP contribution in [-0.2, 0) is 10.0 Å². The molecule has 0 bridgehead atoms. The second-order valence-corrected chi connectivity index (χ2v) is 9.27. The van der Waals surface area contributed by atoms with E-state index in [0.717, 1.165) is 11.1 Å². The van der Waals surface area contributed by atoms with Gasteiger partial charge in [0.1, 0.15) is 0 Å². The topological polar surface area (TPSA) is 76.3 Å². The highest BCUT2D eigenvalue weighted by molar-refractivity contribution is 7.89. The lowest BCUT2D eigenvalue weighted by molar-refractivity contribution is 0.271. The molecule has 0 atom stereocenters. The van der Waals surface area contributed by atoms with Gasteiger partial charge in [-0.3, -0.25) is 0 Å². The maximum atomic E-state index is 12.8. The molecule has 0 amide bonds. The molecule has 0 spiro atoms. The normalized spacial score (nSPS) is 16.4. The molecule has 0 unspecified atom stereocenters. The molecule has 0 saturated carbocycles. The lowest BCUT2D eigenvalue weighted by Gasteiger charge is -2.29. The molecule has 1 aliphatic rings. The van der Waals surface area contributed by atoms with Gasteiger partial charge in [-0.05, 0) is 44.0 Å². The van der Waals surface area contributed by atoms with Crippen LogP contribution in [-0.4, -0.2) is 36.0 Å². The first-order chi connectivity index (χ1) is 13.4. The van der Waals surface area contributed by atoms with Crippen molar-refractivity contribution in [2.45, 2.75) is 30.6 Å². The molecule has 146 valence electrons. The number of sulfonamides is 1. The van der Waals surface area contributed by atoms with Crippen LogP contribution in [0.15, 0.2) is 57.9 Å². The molecular formula is C20H20ClN3O3S. The van der Waals surface area contributed by atoms with E-state index >= 15 is 0 Å². The molecule has 1 saturated heterocycles. The fourth-order valence-electron chi connectivity index (χ4n) is 3.36. The van der Waals surface area contributed by atoms with Crippen LogP contribution in [0.5, 0.6) is 0 Å². The first-order valence-corrected chi connectivity index (χ1v) is 10.9. The molecule has 1 fully saturated rings. The minimum atomic E-state index is -3.48. The van der Waals surface area contributed by atoms with Crippen molar-refractivity contribution in [1.29, 1.82) is 0 Å². The second kappa shape index (κ2) is 7.66. The van der Waals surface area contributed by atoms with Gasteiger partial charge in [0.2, 0.25) is 21.7 Å². The molecule has 2 heterocycles. The van der Waals surface area contributed by atoms with Crippen molar-refractivity contribution in [3.8, 4) is 11.4 Å². The van der Waals surface area contributed by atoms with Crippen LogP contribution >= 0.6 is 11.6 Å². The average Bonchev–Trinajstić information content (AvgIpc) is 3.19. The third-order valence-electron chi connectivity index (χ3n) is 5.02. The van der Waals surface area contributed by atoms with Crippen molar-refractivity contribution in [2.75, 3.05) is 13.1 Å². The molecule has 6 nitrogen and oxygen atoms in total. The van der Waals surface area contributed by atoms with E-state index in [1.165, 1.54) is 4.31 Å². The molecular weight excluding hydrogens is 398 g/mol. The zero-order valence-electron chi connectivity index (χ0n) is 15.4. The van der Waals surface area contributed by atoms with Crippen LogP contribution in [0.25, 0.3) is 11.4 Å². The number of piperidine rings is 1. The number of rotatable bonds is 4. The van der Waals surface area contributed by atoms with Crippen LogP contribution in [0.2, 0.25) is 5.02 Å². The lowest BCUT2D eigenvalue weighted by atomic mass is 9.98. The summed E-state index contributed by atoms with van der Waals surface area (Å²) in [5.41, 5.74) is 1.75. The van der Waals surface area contributed by atoms with E-state index in [2.05, 4.69) is 10.1 Å². The van der Waals surface area contributed by atoms with Gasteiger partial charge in [-0.2, -0.15) is 9.29 Å². The van der Waals surface area contributed by atoms with E-state index in [1.807, 2.05) is 37.3 Å². The molecule has 8 heteroatoms. The smallest absolute Gasteiger partial charge is 0.243 e. The maximum Gasteiger partial charge on any atom is 0.243 e. The van der Waals surface area contributed by atoms with Gasteiger partial charge in [0.15, 0.2) is 0 Å². The van der Waals surface area contributed by atoms with Crippen LogP contribution < -0.4 is 0 Å². The predicted octanol–water partition coefficient (Wildman–Crippen LogP) is 4.27. The Labute approximate surface area is 169 Å². The molecule has 28 heavy (non-hydrogen) atoms. The monoisotopic (exact) mass is 417 g/mol. The zero-order chi connectivity index (χ0) is 19.7. The average molecular weight is 418 g/mol. The van der Waals surface area contributed by atoms with Gasteiger partial charge in [0.25, 0.3) is 0 Å². The summed E-state index contributed by atoms with van der Waals surface area (Å²) in [5.74, 6) is 1.02. The van der Waals surface area contributed by atoms with Gasteiger partial charge >= 0.3 is 0 Å². The summed E-state index contributed by atoms with van der Waals surface area (Å²) in [6.45, 7) is 2.78. The first-order valence-electron chi connectivity index (χ1n) is 9.10. The van der Waals surface area contributed by atoms with E-state index in [9.17, 15) is 8.42 Å². The molecule has 4 rings (SSSR count). The minimum absolute atomic E-state index is 0.0354. The Morgan fingerprint density at radius 3 is 2.43 bits per heavy atom. The van der Waals surface area contributed by atoms with Gasteiger partial charge < -0.3 is 4.52 Å². The summed E-state index contributed by atoms with van der Waals surface area (Å²) in [7, 11) is -3.48. The Hall–Kier alpha value is -2.22. The molecule has 2 aromatic carbocycles. The number of nitrogens with zero attached hydrogens (tertiary/aromatic N) is 3. The fraction of sp³-hybridized carbons (Fsp3) is 0.300. The van der Waals surface area contributed by atoms with Crippen molar-refractivity contribution in [1.82, 2.24) is 14.4 Å².